The van der Waals surface area contributed by atoms with Gasteiger partial charge < -0.3 is 20.1 Å². The summed E-state index contributed by atoms with van der Waals surface area (Å²) in [6.45, 7) is 10.4. The number of benzene rings is 2. The molecule has 0 aliphatic carbocycles. The number of ether oxygens (including phenoxy) is 2. The van der Waals surface area contributed by atoms with Crippen LogP contribution in [0.4, 0.5) is 15.8 Å². The van der Waals surface area contributed by atoms with E-state index in [2.05, 4.69) is 37.8 Å². The van der Waals surface area contributed by atoms with Crippen molar-refractivity contribution in [3.8, 4) is 11.5 Å². The fourth-order valence-electron chi connectivity index (χ4n) is 2.47. The topological polar surface area (TPSA) is 47.7 Å². The Morgan fingerprint density at radius 1 is 0.962 bits per heavy atom. The third kappa shape index (κ3) is 7.21. The first-order valence-electron chi connectivity index (χ1n) is 9.23. The molecule has 5 heteroatoms. The van der Waals surface area contributed by atoms with Gasteiger partial charge in [0.15, 0.2) is 0 Å². The summed E-state index contributed by atoms with van der Waals surface area (Å²) < 4.78 is 25.8. The van der Waals surface area contributed by atoms with Gasteiger partial charge in [-0.2, -0.15) is 0 Å². The molecule has 0 spiro atoms. The molecule has 2 aromatic carbocycles. The van der Waals surface area contributed by atoms with Crippen molar-refractivity contribution in [2.24, 2.45) is 0 Å². The average Bonchev–Trinajstić information content (AvgIpc) is 2.64. The summed E-state index contributed by atoms with van der Waals surface area (Å²) in [5.74, 6) is 1.70. The highest BCUT2D eigenvalue weighted by Crippen LogP contribution is 2.28. The molecular formula is C21H33FN2O2. The molecular weight excluding hydrogens is 331 g/mol. The lowest BCUT2D eigenvalue weighted by molar-refractivity contribution is 0.414. The second-order valence-electron chi connectivity index (χ2n) is 5.59. The number of hydrogen-bond acceptors (Lipinski definition) is 4. The summed E-state index contributed by atoms with van der Waals surface area (Å²) in [6, 6.07) is 12.0. The molecule has 2 N–H and O–H groups in total. The minimum atomic E-state index is -1.00. The molecule has 0 atom stereocenters. The average molecular weight is 366 g/mol. The fourth-order valence-corrected chi connectivity index (χ4v) is 2.47. The molecule has 26 heavy (non-hydrogen) atoms. The Hall–Kier alpha value is -2.43. The van der Waals surface area contributed by atoms with E-state index in [-0.39, 0.29) is 0 Å². The zero-order valence-electron chi connectivity index (χ0n) is 17.8. The van der Waals surface area contributed by atoms with Crippen molar-refractivity contribution >= 4 is 11.4 Å². The first-order chi connectivity index (χ1) is 12.9. The van der Waals surface area contributed by atoms with Crippen molar-refractivity contribution in [3.63, 3.8) is 0 Å². The molecule has 0 saturated carbocycles. The lowest BCUT2D eigenvalue weighted by Crippen LogP contribution is -2.22. The lowest BCUT2D eigenvalue weighted by Gasteiger charge is -2.23. The molecule has 2 rings (SSSR count). The quantitative estimate of drug-likeness (QED) is 0.756. The van der Waals surface area contributed by atoms with Crippen molar-refractivity contribution in [1.82, 2.24) is 0 Å². The summed E-state index contributed by atoms with van der Waals surface area (Å²) >= 11 is 0. The van der Waals surface area contributed by atoms with E-state index in [4.69, 9.17) is 16.6 Å². The van der Waals surface area contributed by atoms with Gasteiger partial charge >= 0.3 is 0 Å². The Kier molecular flexibility index (Phi) is 10.7. The number of anilines is 2. The molecule has 146 valence electrons. The van der Waals surface area contributed by atoms with Crippen LogP contribution in [0.1, 0.15) is 26.3 Å². The van der Waals surface area contributed by atoms with Crippen molar-refractivity contribution in [1.29, 1.82) is 0 Å². The van der Waals surface area contributed by atoms with Crippen LogP contribution in [-0.4, -0.2) is 34.5 Å². The summed E-state index contributed by atoms with van der Waals surface area (Å²) in [5.41, 5.74) is 9.92. The number of hydrogen-bond donors (Lipinski definition) is 1. The Morgan fingerprint density at radius 2 is 1.42 bits per heavy atom. The zero-order chi connectivity index (χ0) is 20.8. The second-order valence-corrected chi connectivity index (χ2v) is 5.59. The first-order valence-corrected chi connectivity index (χ1v) is 8.53. The molecule has 0 bridgehead atoms. The molecule has 0 unspecified atom stereocenters. The Morgan fingerprint density at radius 3 is 1.85 bits per heavy atom. The van der Waals surface area contributed by atoms with Crippen LogP contribution in [0.2, 0.25) is 0 Å². The van der Waals surface area contributed by atoms with Crippen LogP contribution in [0.15, 0.2) is 36.4 Å². The van der Waals surface area contributed by atoms with Crippen LogP contribution in [0.3, 0.4) is 0 Å². The molecule has 0 aliphatic rings. The van der Waals surface area contributed by atoms with Crippen molar-refractivity contribution < 1.29 is 15.2 Å². The van der Waals surface area contributed by atoms with E-state index < -0.39 is 7.15 Å². The van der Waals surface area contributed by atoms with Crippen molar-refractivity contribution in [2.45, 2.75) is 27.7 Å². The van der Waals surface area contributed by atoms with Gasteiger partial charge in [0, 0.05) is 13.1 Å². The summed E-state index contributed by atoms with van der Waals surface area (Å²) in [5, 5.41) is 0. The lowest BCUT2D eigenvalue weighted by atomic mass is 10.2. The summed E-state index contributed by atoms with van der Waals surface area (Å²) in [4.78, 5) is 2.30. The third-order valence-electron chi connectivity index (χ3n) is 3.82. The van der Waals surface area contributed by atoms with Gasteiger partial charge in [0.1, 0.15) is 11.5 Å². The molecule has 0 heterocycles. The van der Waals surface area contributed by atoms with Gasteiger partial charge in [-0.05, 0) is 63.1 Å². The van der Waals surface area contributed by atoms with Gasteiger partial charge in [-0.1, -0.05) is 12.1 Å². The minimum Gasteiger partial charge on any atom is -0.495 e. The Balaban J connectivity index is 0.000000455. The number of aryl methyl sites for hydroxylation is 2. The molecule has 4 nitrogen and oxygen atoms in total. The number of nitrogens with zero attached hydrogens (tertiary/aromatic N) is 1. The van der Waals surface area contributed by atoms with E-state index >= 15 is 0 Å². The highest BCUT2D eigenvalue weighted by Gasteiger charge is 2.08. The molecule has 0 amide bonds. The maximum Gasteiger partial charge on any atom is 0.142 e. The van der Waals surface area contributed by atoms with E-state index in [1.165, 1.54) is 11.3 Å². The number of nitrogen functional groups attached to an aromatic ring is 1. The van der Waals surface area contributed by atoms with Gasteiger partial charge in [0.2, 0.25) is 0 Å². The van der Waals surface area contributed by atoms with Gasteiger partial charge in [0.05, 0.1) is 34.1 Å². The van der Waals surface area contributed by atoms with Crippen LogP contribution in [0.25, 0.3) is 0 Å². The number of nitrogens with two attached hydrogens (primary N) is 1. The highest BCUT2D eigenvalue weighted by atomic mass is 19.1. The van der Waals surface area contributed by atoms with E-state index in [0.29, 0.717) is 5.69 Å². The summed E-state index contributed by atoms with van der Waals surface area (Å²) in [6.07, 6.45) is 0. The predicted molar refractivity (Wildman–Crippen MR) is 110 cm³/mol. The minimum absolute atomic E-state index is 0.697. The predicted octanol–water partition coefficient (Wildman–Crippen LogP) is 5.02. The normalized spacial score (nSPS) is 9.73. The van der Waals surface area contributed by atoms with Gasteiger partial charge in [-0.25, -0.2) is 0 Å². The van der Waals surface area contributed by atoms with E-state index in [9.17, 15) is 4.39 Å². The van der Waals surface area contributed by atoms with Crippen LogP contribution < -0.4 is 20.1 Å². The number of rotatable bonds is 5. The summed E-state index contributed by atoms with van der Waals surface area (Å²) in [7, 11) is 2.33. The zero-order valence-corrected chi connectivity index (χ0v) is 16.8. The Bertz CT molecular complexity index is 665. The van der Waals surface area contributed by atoms with Crippen molar-refractivity contribution in [2.75, 3.05) is 45.1 Å². The van der Waals surface area contributed by atoms with Crippen LogP contribution in [0.5, 0.6) is 11.5 Å². The van der Waals surface area contributed by atoms with Crippen LogP contribution >= 0.6 is 0 Å². The van der Waals surface area contributed by atoms with Gasteiger partial charge in [-0.15, -0.1) is 0 Å². The molecule has 0 saturated heterocycles. The van der Waals surface area contributed by atoms with Crippen molar-refractivity contribution in [3.05, 3.63) is 47.5 Å². The van der Waals surface area contributed by atoms with Crippen LogP contribution in [0, 0.1) is 13.8 Å². The van der Waals surface area contributed by atoms with E-state index in [1.807, 2.05) is 31.2 Å². The molecule has 0 radical (unpaired) electrons. The van der Waals surface area contributed by atoms with Gasteiger partial charge in [0.25, 0.3) is 0 Å². The highest BCUT2D eigenvalue weighted by molar-refractivity contribution is 5.60. The first kappa shape index (κ1) is 21.6. The van der Waals surface area contributed by atoms with E-state index in [1.54, 1.807) is 14.2 Å². The SMILES string of the molecule is CCN(CC)c1cc(C)ccc1OC.COc1ccc(C)cc1N.[2H]CF. The fraction of sp³-hybridized carbons (Fsp3) is 0.429. The molecule has 0 aliphatic heterocycles. The van der Waals surface area contributed by atoms with E-state index in [0.717, 1.165) is 30.2 Å². The maximum absolute atomic E-state index is 9.96. The van der Waals surface area contributed by atoms with Gasteiger partial charge in [-0.3, -0.25) is 4.39 Å². The third-order valence-corrected chi connectivity index (χ3v) is 3.82. The van der Waals surface area contributed by atoms with Crippen LogP contribution in [-0.2, 0) is 0 Å². The number of alkyl halides is 1. The monoisotopic (exact) mass is 365 g/mol. The number of halogens is 1. The maximum atomic E-state index is 9.96. The standard InChI is InChI=1S/C12H19NO.C8H11NO.CH3F/c1-5-13(6-2)11-9-10(3)7-8-12(11)14-4;1-6-3-4-8(10-2)7(9)5-6;1-2/h7-9H,5-6H2,1-4H3;3-5H,9H2,1-2H3;1H3/i;;1D. The second kappa shape index (κ2) is 12.9. The smallest absolute Gasteiger partial charge is 0.142 e. The largest absolute Gasteiger partial charge is 0.495 e. The number of methoxy groups -OCH3 is 2. The Labute approximate surface area is 159 Å². The molecule has 0 aromatic heterocycles. The molecule has 0 fully saturated rings. The molecule has 2 aromatic rings.